The number of thiophene rings is 1. The summed E-state index contributed by atoms with van der Waals surface area (Å²) in [5.74, 6) is -0.907. The SMILES string of the molecule is C=CCOC(=O)N1CCc2c(C(=O)O)csc2C1. The predicted octanol–water partition coefficient (Wildman–Crippen LogP) is 2.13. The van der Waals surface area contributed by atoms with E-state index in [0.717, 1.165) is 10.4 Å². The van der Waals surface area contributed by atoms with Crippen LogP contribution < -0.4 is 0 Å². The molecule has 0 unspecified atom stereocenters. The lowest BCUT2D eigenvalue weighted by molar-refractivity contribution is 0.0695. The molecule has 5 nitrogen and oxygen atoms in total. The summed E-state index contributed by atoms with van der Waals surface area (Å²) >= 11 is 1.37. The van der Waals surface area contributed by atoms with E-state index in [1.54, 1.807) is 10.3 Å². The molecule has 96 valence electrons. The summed E-state index contributed by atoms with van der Waals surface area (Å²) in [6.45, 7) is 4.57. The first-order valence-corrected chi connectivity index (χ1v) is 6.36. The zero-order chi connectivity index (χ0) is 13.1. The minimum absolute atomic E-state index is 0.188. The van der Waals surface area contributed by atoms with Gasteiger partial charge in [0.2, 0.25) is 0 Å². The first kappa shape index (κ1) is 12.6. The number of hydrogen-bond donors (Lipinski definition) is 1. The molecule has 0 atom stereocenters. The number of ether oxygens (including phenoxy) is 1. The normalized spacial score (nSPS) is 13.9. The Morgan fingerprint density at radius 2 is 2.39 bits per heavy atom. The Balaban J connectivity index is 2.09. The molecule has 0 fully saturated rings. The first-order chi connectivity index (χ1) is 8.63. The highest BCUT2D eigenvalue weighted by molar-refractivity contribution is 7.10. The van der Waals surface area contributed by atoms with E-state index in [1.807, 2.05) is 0 Å². The van der Waals surface area contributed by atoms with Crippen molar-refractivity contribution in [1.29, 1.82) is 0 Å². The van der Waals surface area contributed by atoms with Crippen molar-refractivity contribution in [2.45, 2.75) is 13.0 Å². The van der Waals surface area contributed by atoms with Gasteiger partial charge in [0.05, 0.1) is 12.1 Å². The molecular weight excluding hydrogens is 254 g/mol. The number of carbonyl (C=O) groups excluding carboxylic acids is 1. The second-order valence-corrected chi connectivity index (χ2v) is 4.86. The van der Waals surface area contributed by atoms with Gasteiger partial charge in [0.15, 0.2) is 0 Å². The molecular formula is C12H13NO4S. The van der Waals surface area contributed by atoms with Crippen molar-refractivity contribution in [3.05, 3.63) is 34.0 Å². The van der Waals surface area contributed by atoms with E-state index < -0.39 is 5.97 Å². The number of carboxylic acids is 1. The summed E-state index contributed by atoms with van der Waals surface area (Å²) in [6.07, 6.45) is 1.69. The molecule has 0 saturated heterocycles. The molecule has 1 N–H and O–H groups in total. The molecule has 2 rings (SSSR count). The van der Waals surface area contributed by atoms with Crippen LogP contribution in [0.15, 0.2) is 18.0 Å². The molecule has 2 heterocycles. The molecule has 1 amide bonds. The van der Waals surface area contributed by atoms with Crippen LogP contribution in [-0.2, 0) is 17.7 Å². The lowest BCUT2D eigenvalue weighted by Gasteiger charge is -2.26. The fourth-order valence-corrected chi connectivity index (χ4v) is 2.97. The van der Waals surface area contributed by atoms with E-state index >= 15 is 0 Å². The summed E-state index contributed by atoms with van der Waals surface area (Å²) in [5, 5.41) is 10.6. The number of rotatable bonds is 3. The standard InChI is InChI=1S/C12H13NO4S/c1-2-5-17-12(16)13-4-3-8-9(11(14)15)7-18-10(8)6-13/h2,7H,1,3-6H2,(H,14,15). The monoisotopic (exact) mass is 267 g/mol. The maximum Gasteiger partial charge on any atom is 0.410 e. The van der Waals surface area contributed by atoms with Crippen molar-refractivity contribution in [2.24, 2.45) is 0 Å². The third-order valence-electron chi connectivity index (χ3n) is 2.76. The van der Waals surface area contributed by atoms with Gasteiger partial charge in [0.1, 0.15) is 6.61 Å². The molecule has 0 spiro atoms. The van der Waals surface area contributed by atoms with Gasteiger partial charge >= 0.3 is 12.1 Å². The lowest BCUT2D eigenvalue weighted by atomic mass is 10.0. The van der Waals surface area contributed by atoms with Crippen LogP contribution in [0.5, 0.6) is 0 Å². The highest BCUT2D eigenvalue weighted by Gasteiger charge is 2.26. The Hall–Kier alpha value is -1.82. The third-order valence-corrected chi connectivity index (χ3v) is 3.77. The Morgan fingerprint density at radius 1 is 1.61 bits per heavy atom. The number of amides is 1. The van der Waals surface area contributed by atoms with Crippen LogP contribution in [0.3, 0.4) is 0 Å². The van der Waals surface area contributed by atoms with E-state index in [9.17, 15) is 9.59 Å². The number of hydrogen-bond acceptors (Lipinski definition) is 4. The van der Waals surface area contributed by atoms with Crippen molar-refractivity contribution >= 4 is 23.4 Å². The van der Waals surface area contributed by atoms with E-state index in [2.05, 4.69) is 6.58 Å². The van der Waals surface area contributed by atoms with Gasteiger partial charge in [-0.05, 0) is 12.0 Å². The molecule has 6 heteroatoms. The van der Waals surface area contributed by atoms with Gasteiger partial charge in [-0.25, -0.2) is 9.59 Å². The van der Waals surface area contributed by atoms with Crippen LogP contribution in [0.2, 0.25) is 0 Å². The number of carboxylic acid groups (broad SMARTS) is 1. The Bertz CT molecular complexity index is 494. The summed E-state index contributed by atoms with van der Waals surface area (Å²) in [6, 6.07) is 0. The molecule has 1 aromatic rings. The van der Waals surface area contributed by atoms with Gasteiger partial charge in [0, 0.05) is 16.8 Å². The zero-order valence-corrected chi connectivity index (χ0v) is 10.5. The fourth-order valence-electron chi connectivity index (χ4n) is 1.89. The second-order valence-electron chi connectivity index (χ2n) is 3.89. The summed E-state index contributed by atoms with van der Waals surface area (Å²) in [7, 11) is 0. The second kappa shape index (κ2) is 5.22. The van der Waals surface area contributed by atoms with E-state index in [-0.39, 0.29) is 12.7 Å². The molecule has 18 heavy (non-hydrogen) atoms. The maximum absolute atomic E-state index is 11.7. The maximum atomic E-state index is 11.7. The van der Waals surface area contributed by atoms with Crippen LogP contribution in [0.4, 0.5) is 4.79 Å². The van der Waals surface area contributed by atoms with Crippen molar-refractivity contribution < 1.29 is 19.4 Å². The largest absolute Gasteiger partial charge is 0.478 e. The van der Waals surface area contributed by atoms with Crippen LogP contribution in [-0.4, -0.2) is 35.2 Å². The first-order valence-electron chi connectivity index (χ1n) is 5.48. The highest BCUT2D eigenvalue weighted by atomic mass is 32.1. The number of carbonyl (C=O) groups is 2. The minimum Gasteiger partial charge on any atom is -0.478 e. The Kier molecular flexibility index (Phi) is 3.66. The van der Waals surface area contributed by atoms with Gasteiger partial charge in [-0.3, -0.25) is 0 Å². The van der Waals surface area contributed by atoms with Gasteiger partial charge in [-0.1, -0.05) is 12.7 Å². The summed E-state index contributed by atoms with van der Waals surface area (Å²) in [4.78, 5) is 25.1. The van der Waals surface area contributed by atoms with Gasteiger partial charge in [0.25, 0.3) is 0 Å². The topological polar surface area (TPSA) is 66.8 Å². The molecule has 0 radical (unpaired) electrons. The molecule has 0 saturated carbocycles. The number of fused-ring (bicyclic) bond motifs is 1. The lowest BCUT2D eigenvalue weighted by Crippen LogP contribution is -2.36. The fraction of sp³-hybridized carbons (Fsp3) is 0.333. The molecule has 1 aliphatic rings. The zero-order valence-electron chi connectivity index (χ0n) is 9.72. The molecule has 0 aliphatic carbocycles. The number of aromatic carboxylic acids is 1. The highest BCUT2D eigenvalue weighted by Crippen LogP contribution is 2.28. The number of nitrogens with zero attached hydrogens (tertiary/aromatic N) is 1. The van der Waals surface area contributed by atoms with Crippen molar-refractivity contribution in [3.8, 4) is 0 Å². The van der Waals surface area contributed by atoms with Crippen molar-refractivity contribution in [3.63, 3.8) is 0 Å². The van der Waals surface area contributed by atoms with Crippen LogP contribution in [0.1, 0.15) is 20.8 Å². The van der Waals surface area contributed by atoms with Crippen LogP contribution in [0, 0.1) is 0 Å². The minimum atomic E-state index is -0.907. The quantitative estimate of drug-likeness (QED) is 0.852. The summed E-state index contributed by atoms with van der Waals surface area (Å²) < 4.78 is 4.96. The predicted molar refractivity (Wildman–Crippen MR) is 66.9 cm³/mol. The Morgan fingerprint density at radius 3 is 3.06 bits per heavy atom. The van der Waals surface area contributed by atoms with Crippen molar-refractivity contribution in [2.75, 3.05) is 13.2 Å². The average molecular weight is 267 g/mol. The summed E-state index contributed by atoms with van der Waals surface area (Å²) in [5.41, 5.74) is 1.20. The van der Waals surface area contributed by atoms with Gasteiger partial charge in [-0.2, -0.15) is 0 Å². The molecule has 1 aromatic heterocycles. The van der Waals surface area contributed by atoms with E-state index in [0.29, 0.717) is 25.1 Å². The van der Waals surface area contributed by atoms with E-state index in [4.69, 9.17) is 9.84 Å². The van der Waals surface area contributed by atoms with E-state index in [1.165, 1.54) is 17.4 Å². The molecule has 0 bridgehead atoms. The average Bonchev–Trinajstić information content (AvgIpc) is 2.78. The smallest absolute Gasteiger partial charge is 0.410 e. The third kappa shape index (κ3) is 2.38. The van der Waals surface area contributed by atoms with Gasteiger partial charge in [-0.15, -0.1) is 11.3 Å². The van der Waals surface area contributed by atoms with Crippen LogP contribution in [0.25, 0.3) is 0 Å². The molecule has 0 aromatic carbocycles. The van der Waals surface area contributed by atoms with Crippen molar-refractivity contribution in [1.82, 2.24) is 4.90 Å². The van der Waals surface area contributed by atoms with Crippen LogP contribution >= 0.6 is 11.3 Å². The van der Waals surface area contributed by atoms with Gasteiger partial charge < -0.3 is 14.7 Å². The molecule has 1 aliphatic heterocycles. The Labute approximate surface area is 108 Å².